The number of aromatic nitrogens is 2. The highest BCUT2D eigenvalue weighted by atomic mass is 19.4. The van der Waals surface area contributed by atoms with Gasteiger partial charge in [-0.1, -0.05) is 0 Å². The van der Waals surface area contributed by atoms with Crippen molar-refractivity contribution in [1.82, 2.24) is 9.13 Å². The minimum atomic E-state index is -4.21. The molecule has 1 rings (SSSR count). The highest BCUT2D eigenvalue weighted by Crippen LogP contribution is 2.19. The molecule has 0 aliphatic rings. The van der Waals surface area contributed by atoms with E-state index in [-0.39, 0.29) is 6.54 Å². The zero-order chi connectivity index (χ0) is 10.1. The Hall–Kier alpha value is -1.20. The second-order valence-electron chi connectivity index (χ2n) is 2.75. The summed E-state index contributed by atoms with van der Waals surface area (Å²) >= 11 is 0. The molecule has 1 aromatic rings. The van der Waals surface area contributed by atoms with Crippen LogP contribution in [0.4, 0.5) is 13.2 Å². The Morgan fingerprint density at radius 2 is 2.00 bits per heavy atom. The molecule has 0 spiro atoms. The first-order valence-corrected chi connectivity index (χ1v) is 3.69. The van der Waals surface area contributed by atoms with Gasteiger partial charge in [-0.25, -0.2) is 4.79 Å². The summed E-state index contributed by atoms with van der Waals surface area (Å²) in [6.07, 6.45) is -2.42. The van der Waals surface area contributed by atoms with Gasteiger partial charge in [0, 0.05) is 26.0 Å². The van der Waals surface area contributed by atoms with Crippen molar-refractivity contribution in [3.8, 4) is 0 Å². The Labute approximate surface area is 72.4 Å². The number of hydrogen-bond acceptors (Lipinski definition) is 1. The molecule has 0 aliphatic heterocycles. The van der Waals surface area contributed by atoms with Gasteiger partial charge in [0.15, 0.2) is 0 Å². The molecule has 1 heterocycles. The zero-order valence-electron chi connectivity index (χ0n) is 7.01. The fraction of sp³-hybridized carbons (Fsp3) is 0.571. The summed E-state index contributed by atoms with van der Waals surface area (Å²) < 4.78 is 37.5. The number of aryl methyl sites for hydroxylation is 2. The fourth-order valence-electron chi connectivity index (χ4n) is 0.928. The summed E-state index contributed by atoms with van der Waals surface area (Å²) in [4.78, 5) is 11.0. The number of halogens is 3. The monoisotopic (exact) mass is 194 g/mol. The summed E-state index contributed by atoms with van der Waals surface area (Å²) in [7, 11) is 1.49. The van der Waals surface area contributed by atoms with E-state index in [4.69, 9.17) is 0 Å². The molecule has 74 valence electrons. The molecule has 3 nitrogen and oxygen atoms in total. The number of rotatable bonds is 2. The molecule has 0 saturated carbocycles. The molecule has 0 fully saturated rings. The molecule has 0 unspecified atom stereocenters. The lowest BCUT2D eigenvalue weighted by atomic mass is 10.4. The maximum Gasteiger partial charge on any atom is 0.390 e. The van der Waals surface area contributed by atoms with Crippen LogP contribution in [0.15, 0.2) is 17.2 Å². The largest absolute Gasteiger partial charge is 0.390 e. The summed E-state index contributed by atoms with van der Waals surface area (Å²) in [5, 5.41) is 0. The Balaban J connectivity index is 2.66. The van der Waals surface area contributed by atoms with Crippen molar-refractivity contribution in [2.24, 2.45) is 7.05 Å². The Kier molecular flexibility index (Phi) is 2.49. The summed E-state index contributed by atoms with van der Waals surface area (Å²) in [6, 6.07) is 0. The zero-order valence-corrected chi connectivity index (χ0v) is 7.01. The Morgan fingerprint density at radius 1 is 1.38 bits per heavy atom. The Morgan fingerprint density at radius 3 is 2.38 bits per heavy atom. The van der Waals surface area contributed by atoms with Gasteiger partial charge in [0.25, 0.3) is 0 Å². The lowest BCUT2D eigenvalue weighted by Crippen LogP contribution is -2.24. The predicted octanol–water partition coefficient (Wildman–Crippen LogP) is 1.14. The third kappa shape index (κ3) is 2.64. The van der Waals surface area contributed by atoms with Crippen molar-refractivity contribution in [1.29, 1.82) is 0 Å². The molecule has 0 saturated heterocycles. The lowest BCUT2D eigenvalue weighted by molar-refractivity contribution is -0.136. The average molecular weight is 194 g/mol. The van der Waals surface area contributed by atoms with Crippen LogP contribution in [-0.2, 0) is 13.6 Å². The van der Waals surface area contributed by atoms with Crippen molar-refractivity contribution in [2.45, 2.75) is 19.1 Å². The van der Waals surface area contributed by atoms with E-state index >= 15 is 0 Å². The topological polar surface area (TPSA) is 26.9 Å². The van der Waals surface area contributed by atoms with E-state index in [1.165, 1.54) is 24.0 Å². The molecule has 6 heteroatoms. The molecule has 1 aromatic heterocycles. The van der Waals surface area contributed by atoms with Crippen molar-refractivity contribution < 1.29 is 13.2 Å². The van der Waals surface area contributed by atoms with Crippen LogP contribution in [0.1, 0.15) is 6.42 Å². The molecule has 0 bridgehead atoms. The van der Waals surface area contributed by atoms with Crippen LogP contribution >= 0.6 is 0 Å². The highest BCUT2D eigenvalue weighted by molar-refractivity contribution is 4.79. The minimum Gasteiger partial charge on any atom is -0.302 e. The third-order valence-electron chi connectivity index (χ3n) is 1.65. The second kappa shape index (κ2) is 3.27. The summed E-state index contributed by atoms with van der Waals surface area (Å²) in [5.74, 6) is 0. The molecule has 0 radical (unpaired) electrons. The van der Waals surface area contributed by atoms with Crippen LogP contribution in [0.5, 0.6) is 0 Å². The van der Waals surface area contributed by atoms with Crippen molar-refractivity contribution >= 4 is 0 Å². The van der Waals surface area contributed by atoms with Gasteiger partial charge < -0.3 is 4.57 Å². The van der Waals surface area contributed by atoms with Gasteiger partial charge in [0.05, 0.1) is 6.42 Å². The lowest BCUT2D eigenvalue weighted by Gasteiger charge is -2.05. The van der Waals surface area contributed by atoms with E-state index in [1.807, 2.05) is 0 Å². The molecule has 0 N–H and O–H groups in total. The first kappa shape index (κ1) is 9.88. The van der Waals surface area contributed by atoms with Gasteiger partial charge in [-0.05, 0) is 0 Å². The number of hydrogen-bond donors (Lipinski definition) is 0. The molecule has 13 heavy (non-hydrogen) atoms. The number of nitrogens with zero attached hydrogens (tertiary/aromatic N) is 2. The Bertz CT molecular complexity index is 336. The van der Waals surface area contributed by atoms with Gasteiger partial charge in [-0.15, -0.1) is 0 Å². The van der Waals surface area contributed by atoms with Crippen LogP contribution in [0, 0.1) is 0 Å². The average Bonchev–Trinajstić information content (AvgIpc) is 2.29. The predicted molar refractivity (Wildman–Crippen MR) is 40.3 cm³/mol. The van der Waals surface area contributed by atoms with Gasteiger partial charge in [-0.2, -0.15) is 13.2 Å². The second-order valence-corrected chi connectivity index (χ2v) is 2.75. The molecule has 0 aromatic carbocycles. The van der Waals surface area contributed by atoms with E-state index in [2.05, 4.69) is 0 Å². The smallest absolute Gasteiger partial charge is 0.302 e. The first-order valence-electron chi connectivity index (χ1n) is 3.69. The molecular formula is C7H9F3N2O. The van der Waals surface area contributed by atoms with E-state index in [9.17, 15) is 18.0 Å². The standard InChI is InChI=1S/C7H9F3N2O/c1-11-4-5-12(6(11)13)3-2-7(8,9)10/h4-5H,2-3H2,1H3. The van der Waals surface area contributed by atoms with Crippen molar-refractivity contribution in [3.63, 3.8) is 0 Å². The fourth-order valence-corrected chi connectivity index (χ4v) is 0.928. The number of alkyl halides is 3. The maximum atomic E-state index is 11.8. The third-order valence-corrected chi connectivity index (χ3v) is 1.65. The van der Waals surface area contributed by atoms with E-state index in [1.54, 1.807) is 0 Å². The van der Waals surface area contributed by atoms with Crippen LogP contribution in [0.3, 0.4) is 0 Å². The SMILES string of the molecule is Cn1ccn(CCC(F)(F)F)c1=O. The molecular weight excluding hydrogens is 185 g/mol. The van der Waals surface area contributed by atoms with E-state index < -0.39 is 18.3 Å². The van der Waals surface area contributed by atoms with Gasteiger partial charge in [-0.3, -0.25) is 4.57 Å². The van der Waals surface area contributed by atoms with Crippen LogP contribution in [-0.4, -0.2) is 15.3 Å². The minimum absolute atomic E-state index is 0.316. The molecule has 0 aliphatic carbocycles. The van der Waals surface area contributed by atoms with Crippen LogP contribution < -0.4 is 5.69 Å². The number of imidazole rings is 1. The van der Waals surface area contributed by atoms with Crippen molar-refractivity contribution in [2.75, 3.05) is 0 Å². The van der Waals surface area contributed by atoms with Gasteiger partial charge >= 0.3 is 11.9 Å². The quantitative estimate of drug-likeness (QED) is 0.693. The summed E-state index contributed by atoms with van der Waals surface area (Å²) in [6.45, 7) is -0.316. The maximum absolute atomic E-state index is 11.8. The summed E-state index contributed by atoms with van der Waals surface area (Å²) in [5.41, 5.74) is -0.427. The van der Waals surface area contributed by atoms with Crippen molar-refractivity contribution in [3.05, 3.63) is 22.9 Å². The van der Waals surface area contributed by atoms with Crippen LogP contribution in [0.2, 0.25) is 0 Å². The first-order chi connectivity index (χ1) is 5.90. The van der Waals surface area contributed by atoms with Crippen LogP contribution in [0.25, 0.3) is 0 Å². The van der Waals surface area contributed by atoms with E-state index in [0.29, 0.717) is 0 Å². The van der Waals surface area contributed by atoms with E-state index in [0.717, 1.165) is 4.57 Å². The van der Waals surface area contributed by atoms with Gasteiger partial charge in [0.2, 0.25) is 0 Å². The molecule has 0 atom stereocenters. The highest BCUT2D eigenvalue weighted by Gasteiger charge is 2.26. The van der Waals surface area contributed by atoms with Gasteiger partial charge in [0.1, 0.15) is 0 Å². The molecule has 0 amide bonds. The normalized spacial score (nSPS) is 12.0.